The molecule has 1 aromatic carbocycles. The van der Waals surface area contributed by atoms with Gasteiger partial charge in [0.1, 0.15) is 16.9 Å². The van der Waals surface area contributed by atoms with E-state index >= 15 is 0 Å². The highest BCUT2D eigenvalue weighted by Gasteiger charge is 2.26. The van der Waals surface area contributed by atoms with Crippen molar-refractivity contribution < 1.29 is 19.4 Å². The zero-order valence-electron chi connectivity index (χ0n) is 8.83. The summed E-state index contributed by atoms with van der Waals surface area (Å²) in [5, 5.41) is 20.4. The van der Waals surface area contributed by atoms with Gasteiger partial charge in [-0.15, -0.1) is 0 Å². The van der Waals surface area contributed by atoms with Gasteiger partial charge in [0.05, 0.1) is 6.10 Å². The standard InChI is InChI=1S/C13H10O4/c14-10-5-8-7-3-1-2-4-11(7)17-12(8)6-9(10)13(15)16/h1-6,9-10,14H,(H,15,16). The van der Waals surface area contributed by atoms with Crippen molar-refractivity contribution in [1.82, 2.24) is 0 Å². The van der Waals surface area contributed by atoms with Crippen LogP contribution in [0.2, 0.25) is 0 Å². The lowest BCUT2D eigenvalue weighted by molar-refractivity contribution is -0.141. The minimum atomic E-state index is -1.06. The maximum Gasteiger partial charge on any atom is 0.313 e. The Morgan fingerprint density at radius 2 is 2.00 bits per heavy atom. The van der Waals surface area contributed by atoms with E-state index in [0.29, 0.717) is 11.0 Å². The molecule has 4 heteroatoms. The smallest absolute Gasteiger partial charge is 0.313 e. The molecule has 0 saturated heterocycles. The van der Waals surface area contributed by atoms with Crippen LogP contribution in [0.5, 0.6) is 0 Å². The number of aliphatic carboxylic acids is 1. The third-order valence-corrected chi connectivity index (χ3v) is 2.98. The lowest BCUT2D eigenvalue weighted by atomic mass is 9.97. The summed E-state index contributed by atoms with van der Waals surface area (Å²) in [6.45, 7) is 0. The fourth-order valence-corrected chi connectivity index (χ4v) is 2.13. The molecule has 17 heavy (non-hydrogen) atoms. The summed E-state index contributed by atoms with van der Waals surface area (Å²) in [5.74, 6) is -2.00. The number of furan rings is 1. The van der Waals surface area contributed by atoms with Crippen LogP contribution < -0.4 is 10.6 Å². The zero-order valence-corrected chi connectivity index (χ0v) is 8.83. The maximum atomic E-state index is 10.9. The van der Waals surface area contributed by atoms with Crippen LogP contribution >= 0.6 is 0 Å². The van der Waals surface area contributed by atoms with E-state index in [-0.39, 0.29) is 0 Å². The first kappa shape index (κ1) is 10.1. The normalized spacial score (nSPS) is 22.6. The third kappa shape index (κ3) is 1.45. The molecule has 2 atom stereocenters. The molecule has 86 valence electrons. The number of para-hydroxylation sites is 1. The first-order valence-electron chi connectivity index (χ1n) is 5.29. The maximum absolute atomic E-state index is 10.9. The molecule has 3 rings (SSSR count). The van der Waals surface area contributed by atoms with Crippen LogP contribution in [-0.2, 0) is 4.79 Å². The Hall–Kier alpha value is -2.07. The van der Waals surface area contributed by atoms with Gasteiger partial charge in [-0.2, -0.15) is 0 Å². The van der Waals surface area contributed by atoms with Gasteiger partial charge in [0.15, 0.2) is 0 Å². The molecule has 0 aliphatic heterocycles. The zero-order chi connectivity index (χ0) is 12.0. The van der Waals surface area contributed by atoms with E-state index in [0.717, 1.165) is 10.6 Å². The lowest BCUT2D eigenvalue weighted by Gasteiger charge is -2.13. The van der Waals surface area contributed by atoms with Gasteiger partial charge >= 0.3 is 5.97 Å². The number of fused-ring (bicyclic) bond motifs is 3. The minimum Gasteiger partial charge on any atom is -0.481 e. The van der Waals surface area contributed by atoms with Crippen LogP contribution in [0.15, 0.2) is 28.7 Å². The second-order valence-corrected chi connectivity index (χ2v) is 4.06. The second-order valence-electron chi connectivity index (χ2n) is 4.06. The van der Waals surface area contributed by atoms with E-state index < -0.39 is 18.0 Å². The first-order valence-corrected chi connectivity index (χ1v) is 5.29. The van der Waals surface area contributed by atoms with Crippen LogP contribution in [0.3, 0.4) is 0 Å². The predicted molar refractivity (Wildman–Crippen MR) is 61.5 cm³/mol. The highest BCUT2D eigenvalue weighted by Crippen LogP contribution is 2.14. The van der Waals surface area contributed by atoms with Crippen molar-refractivity contribution in [3.05, 3.63) is 34.9 Å². The Labute approximate surface area is 96.1 Å². The first-order chi connectivity index (χ1) is 8.16. The molecule has 1 aliphatic carbocycles. The van der Waals surface area contributed by atoms with E-state index in [1.54, 1.807) is 6.08 Å². The summed E-state index contributed by atoms with van der Waals surface area (Å²) in [4.78, 5) is 10.9. The number of rotatable bonds is 1. The number of carboxylic acids is 1. The molecule has 0 radical (unpaired) electrons. The van der Waals surface area contributed by atoms with Gasteiger partial charge in [-0.05, 0) is 18.2 Å². The molecule has 0 saturated carbocycles. The van der Waals surface area contributed by atoms with Gasteiger partial charge in [-0.25, -0.2) is 0 Å². The van der Waals surface area contributed by atoms with E-state index in [4.69, 9.17) is 9.52 Å². The summed E-state index contributed by atoms with van der Waals surface area (Å²) in [5.41, 5.74) is 1.21. The van der Waals surface area contributed by atoms with Gasteiger partial charge in [0.25, 0.3) is 0 Å². The number of benzene rings is 1. The summed E-state index contributed by atoms with van der Waals surface area (Å²) < 4.78 is 5.56. The number of aliphatic hydroxyl groups excluding tert-OH is 1. The van der Waals surface area contributed by atoms with Gasteiger partial charge in [0, 0.05) is 10.6 Å². The van der Waals surface area contributed by atoms with Crippen molar-refractivity contribution >= 4 is 29.1 Å². The Bertz CT molecular complexity index is 711. The Morgan fingerprint density at radius 1 is 1.24 bits per heavy atom. The summed E-state index contributed by atoms with van der Waals surface area (Å²) in [7, 11) is 0. The molecule has 2 unspecified atom stereocenters. The number of aliphatic hydroxyl groups is 1. The molecule has 1 aromatic heterocycles. The molecule has 2 aromatic rings. The van der Waals surface area contributed by atoms with Crippen LogP contribution in [0, 0.1) is 5.92 Å². The Balaban J connectivity index is 2.36. The van der Waals surface area contributed by atoms with Gasteiger partial charge < -0.3 is 14.6 Å². The molecular weight excluding hydrogens is 220 g/mol. The number of hydrogen-bond donors (Lipinski definition) is 2. The lowest BCUT2D eigenvalue weighted by Crippen LogP contribution is -2.36. The van der Waals surface area contributed by atoms with Crippen molar-refractivity contribution in [3.8, 4) is 0 Å². The van der Waals surface area contributed by atoms with Crippen molar-refractivity contribution in [2.24, 2.45) is 5.92 Å². The molecule has 0 amide bonds. The topological polar surface area (TPSA) is 70.7 Å². The summed E-state index contributed by atoms with van der Waals surface area (Å²) >= 11 is 0. The number of carboxylic acid groups (broad SMARTS) is 1. The highest BCUT2D eigenvalue weighted by atomic mass is 16.4. The monoisotopic (exact) mass is 230 g/mol. The molecule has 0 fully saturated rings. The molecule has 0 spiro atoms. The van der Waals surface area contributed by atoms with E-state index in [1.165, 1.54) is 6.08 Å². The summed E-state index contributed by atoms with van der Waals surface area (Å²) in [6.07, 6.45) is 1.99. The minimum absolute atomic E-state index is 0.518. The average molecular weight is 230 g/mol. The van der Waals surface area contributed by atoms with Crippen molar-refractivity contribution in [1.29, 1.82) is 0 Å². The van der Waals surface area contributed by atoms with E-state index in [9.17, 15) is 9.90 Å². The van der Waals surface area contributed by atoms with Crippen molar-refractivity contribution in [2.45, 2.75) is 6.10 Å². The predicted octanol–water partition coefficient (Wildman–Crippen LogP) is 0.0691. The Kier molecular flexibility index (Phi) is 2.06. The SMILES string of the molecule is O=C(O)C1C=c2oc3ccccc3c2=CC1O. The average Bonchev–Trinajstić information content (AvgIpc) is 2.65. The van der Waals surface area contributed by atoms with Gasteiger partial charge in [0.2, 0.25) is 0 Å². The van der Waals surface area contributed by atoms with Crippen molar-refractivity contribution in [3.63, 3.8) is 0 Å². The number of carbonyl (C=O) groups is 1. The molecular formula is C13H10O4. The highest BCUT2D eigenvalue weighted by molar-refractivity contribution is 5.84. The molecule has 1 heterocycles. The molecule has 4 nitrogen and oxygen atoms in total. The van der Waals surface area contributed by atoms with Gasteiger partial charge in [-0.3, -0.25) is 4.79 Å². The largest absolute Gasteiger partial charge is 0.481 e. The second kappa shape index (κ2) is 3.46. The molecule has 0 bridgehead atoms. The quantitative estimate of drug-likeness (QED) is 0.727. The van der Waals surface area contributed by atoms with Crippen LogP contribution in [0.25, 0.3) is 23.1 Å². The number of hydrogen-bond acceptors (Lipinski definition) is 3. The van der Waals surface area contributed by atoms with Crippen LogP contribution in [0.4, 0.5) is 0 Å². The van der Waals surface area contributed by atoms with E-state index in [2.05, 4.69) is 0 Å². The van der Waals surface area contributed by atoms with Crippen molar-refractivity contribution in [2.75, 3.05) is 0 Å². The van der Waals surface area contributed by atoms with Crippen LogP contribution in [0.1, 0.15) is 0 Å². The fraction of sp³-hybridized carbons (Fsp3) is 0.154. The molecule has 1 aliphatic rings. The summed E-state index contributed by atoms with van der Waals surface area (Å²) in [6, 6.07) is 7.43. The Morgan fingerprint density at radius 3 is 2.76 bits per heavy atom. The fourth-order valence-electron chi connectivity index (χ4n) is 2.13. The van der Waals surface area contributed by atoms with Gasteiger partial charge in [-0.1, -0.05) is 18.2 Å². The third-order valence-electron chi connectivity index (χ3n) is 2.98. The van der Waals surface area contributed by atoms with Crippen LogP contribution in [-0.4, -0.2) is 22.3 Å². The van der Waals surface area contributed by atoms with E-state index in [1.807, 2.05) is 24.3 Å². The molecule has 2 N–H and O–H groups in total.